The molecule has 9 heteroatoms. The molecule has 2 aromatic rings. The summed E-state index contributed by atoms with van der Waals surface area (Å²) in [5.74, 6) is 1.28. The van der Waals surface area contributed by atoms with Gasteiger partial charge in [-0.15, -0.1) is 10.2 Å². The molecule has 1 N–H and O–H groups in total. The first-order chi connectivity index (χ1) is 10.6. The number of hydrogen-bond donors (Lipinski definition) is 1. The van der Waals surface area contributed by atoms with Gasteiger partial charge < -0.3 is 8.98 Å². The van der Waals surface area contributed by atoms with E-state index in [0.29, 0.717) is 24.7 Å². The zero-order valence-electron chi connectivity index (χ0n) is 12.3. The second-order valence-corrected chi connectivity index (χ2v) is 6.85. The van der Waals surface area contributed by atoms with Crippen molar-refractivity contribution in [1.82, 2.24) is 23.8 Å². The van der Waals surface area contributed by atoms with Crippen LogP contribution in [0.5, 0.6) is 0 Å². The molecule has 0 radical (unpaired) electrons. The van der Waals surface area contributed by atoms with E-state index in [-0.39, 0.29) is 12.6 Å². The summed E-state index contributed by atoms with van der Waals surface area (Å²) in [4.78, 5) is 0. The third-order valence-corrected chi connectivity index (χ3v) is 5.40. The summed E-state index contributed by atoms with van der Waals surface area (Å²) < 4.78 is 36.3. The predicted molar refractivity (Wildman–Crippen MR) is 78.8 cm³/mol. The van der Waals surface area contributed by atoms with E-state index in [0.717, 1.165) is 12.8 Å². The normalized spacial score (nSPS) is 19.8. The van der Waals surface area contributed by atoms with Crippen molar-refractivity contribution in [3.05, 3.63) is 36.3 Å². The Morgan fingerprint density at radius 3 is 3.09 bits per heavy atom. The van der Waals surface area contributed by atoms with E-state index >= 15 is 0 Å². The fourth-order valence-electron chi connectivity index (χ4n) is 2.71. The SMILES string of the molecule is CCn1cnnc1CNS(=O)(=O)N1CCC[C@H]1c1ccco1. The first kappa shape index (κ1) is 15.2. The third-order valence-electron chi connectivity index (χ3n) is 3.83. The van der Waals surface area contributed by atoms with Gasteiger partial charge in [-0.2, -0.15) is 17.4 Å². The highest BCUT2D eigenvalue weighted by molar-refractivity contribution is 7.87. The van der Waals surface area contributed by atoms with Crippen LogP contribution in [0.4, 0.5) is 0 Å². The van der Waals surface area contributed by atoms with Gasteiger partial charge in [-0.3, -0.25) is 0 Å². The average Bonchev–Trinajstić information content (AvgIpc) is 3.23. The van der Waals surface area contributed by atoms with Crippen molar-refractivity contribution in [2.45, 2.75) is 38.9 Å². The van der Waals surface area contributed by atoms with Gasteiger partial charge in [0.15, 0.2) is 0 Å². The lowest BCUT2D eigenvalue weighted by atomic mass is 10.2. The summed E-state index contributed by atoms with van der Waals surface area (Å²) in [5, 5.41) is 7.73. The quantitative estimate of drug-likeness (QED) is 0.857. The lowest BCUT2D eigenvalue weighted by Gasteiger charge is -2.22. The molecule has 3 rings (SSSR count). The van der Waals surface area contributed by atoms with Crippen molar-refractivity contribution in [1.29, 1.82) is 0 Å². The maximum atomic E-state index is 12.5. The highest BCUT2D eigenvalue weighted by Crippen LogP contribution is 2.33. The molecule has 1 atom stereocenters. The van der Waals surface area contributed by atoms with Crippen molar-refractivity contribution in [2.24, 2.45) is 0 Å². The zero-order valence-corrected chi connectivity index (χ0v) is 13.2. The van der Waals surface area contributed by atoms with Crippen LogP contribution in [-0.2, 0) is 23.3 Å². The van der Waals surface area contributed by atoms with Gasteiger partial charge >= 0.3 is 0 Å². The fraction of sp³-hybridized carbons (Fsp3) is 0.538. The van der Waals surface area contributed by atoms with Gasteiger partial charge in [0.05, 0.1) is 18.8 Å². The summed E-state index contributed by atoms with van der Waals surface area (Å²) in [7, 11) is -3.59. The van der Waals surface area contributed by atoms with Gasteiger partial charge in [0, 0.05) is 13.1 Å². The van der Waals surface area contributed by atoms with Crippen LogP contribution in [-0.4, -0.2) is 34.0 Å². The van der Waals surface area contributed by atoms with Crippen LogP contribution in [0.25, 0.3) is 0 Å². The van der Waals surface area contributed by atoms with E-state index in [4.69, 9.17) is 4.42 Å². The summed E-state index contributed by atoms with van der Waals surface area (Å²) in [6.07, 6.45) is 4.73. The summed E-state index contributed by atoms with van der Waals surface area (Å²) in [6, 6.07) is 3.35. The van der Waals surface area contributed by atoms with E-state index in [1.54, 1.807) is 23.2 Å². The molecule has 22 heavy (non-hydrogen) atoms. The second kappa shape index (κ2) is 6.19. The molecule has 0 bridgehead atoms. The van der Waals surface area contributed by atoms with Gasteiger partial charge in [0.1, 0.15) is 17.9 Å². The Kier molecular flexibility index (Phi) is 4.27. The molecule has 1 aliphatic heterocycles. The molecule has 0 aliphatic carbocycles. The molecule has 1 saturated heterocycles. The van der Waals surface area contributed by atoms with Crippen LogP contribution in [0.1, 0.15) is 37.4 Å². The smallest absolute Gasteiger partial charge is 0.280 e. The minimum absolute atomic E-state index is 0.123. The van der Waals surface area contributed by atoms with Crippen LogP contribution in [0.3, 0.4) is 0 Å². The summed E-state index contributed by atoms with van der Waals surface area (Å²) in [5.41, 5.74) is 0. The molecule has 0 aromatic carbocycles. The fourth-order valence-corrected chi connectivity index (χ4v) is 4.10. The number of aryl methyl sites for hydroxylation is 1. The van der Waals surface area contributed by atoms with Crippen molar-refractivity contribution < 1.29 is 12.8 Å². The lowest BCUT2D eigenvalue weighted by Crippen LogP contribution is -2.40. The van der Waals surface area contributed by atoms with Gasteiger partial charge in [0.2, 0.25) is 0 Å². The number of furan rings is 1. The molecule has 2 aromatic heterocycles. The maximum absolute atomic E-state index is 12.5. The lowest BCUT2D eigenvalue weighted by molar-refractivity contribution is 0.335. The largest absolute Gasteiger partial charge is 0.468 e. The monoisotopic (exact) mass is 325 g/mol. The molecule has 8 nitrogen and oxygen atoms in total. The average molecular weight is 325 g/mol. The molecule has 3 heterocycles. The molecular formula is C13H19N5O3S. The van der Waals surface area contributed by atoms with Crippen molar-refractivity contribution in [3.63, 3.8) is 0 Å². The first-order valence-corrected chi connectivity index (χ1v) is 8.72. The Morgan fingerprint density at radius 2 is 2.36 bits per heavy atom. The molecule has 120 valence electrons. The molecular weight excluding hydrogens is 306 g/mol. The predicted octanol–water partition coefficient (Wildman–Crippen LogP) is 1.06. The number of nitrogens with zero attached hydrogens (tertiary/aromatic N) is 4. The first-order valence-electron chi connectivity index (χ1n) is 7.28. The van der Waals surface area contributed by atoms with Gasteiger partial charge in [-0.25, -0.2) is 0 Å². The van der Waals surface area contributed by atoms with Crippen molar-refractivity contribution >= 4 is 10.2 Å². The molecule has 0 saturated carbocycles. The Bertz CT molecular complexity index is 710. The number of rotatable bonds is 6. The number of nitrogens with one attached hydrogen (secondary N) is 1. The van der Waals surface area contributed by atoms with E-state index in [9.17, 15) is 8.42 Å². The topological polar surface area (TPSA) is 93.3 Å². The maximum Gasteiger partial charge on any atom is 0.280 e. The van der Waals surface area contributed by atoms with Gasteiger partial charge in [0.25, 0.3) is 10.2 Å². The Hall–Kier alpha value is -1.71. The van der Waals surface area contributed by atoms with Crippen LogP contribution in [0, 0.1) is 0 Å². The number of aromatic nitrogens is 3. The van der Waals surface area contributed by atoms with E-state index in [1.165, 1.54) is 4.31 Å². The van der Waals surface area contributed by atoms with Crippen LogP contribution < -0.4 is 4.72 Å². The molecule has 1 fully saturated rings. The van der Waals surface area contributed by atoms with Crippen LogP contribution in [0.2, 0.25) is 0 Å². The highest BCUT2D eigenvalue weighted by atomic mass is 32.2. The summed E-state index contributed by atoms with van der Waals surface area (Å²) >= 11 is 0. The zero-order chi connectivity index (χ0) is 15.6. The minimum atomic E-state index is -3.59. The van der Waals surface area contributed by atoms with Crippen molar-refractivity contribution in [2.75, 3.05) is 6.54 Å². The molecule has 0 amide bonds. The molecule has 0 spiro atoms. The molecule has 0 unspecified atom stereocenters. The van der Waals surface area contributed by atoms with Crippen LogP contribution in [0.15, 0.2) is 29.1 Å². The Labute approximate surface area is 129 Å². The Balaban J connectivity index is 1.72. The van der Waals surface area contributed by atoms with Crippen LogP contribution >= 0.6 is 0 Å². The van der Waals surface area contributed by atoms with E-state index in [1.807, 2.05) is 13.0 Å². The molecule has 1 aliphatic rings. The third kappa shape index (κ3) is 2.92. The standard InChI is InChI=1S/C13H19N5O3S/c1-2-17-10-14-16-13(17)9-15-22(19,20)18-7-3-5-11(18)12-6-4-8-21-12/h4,6,8,10-11,15H,2-3,5,7,9H2,1H3/t11-/m0/s1. The summed E-state index contributed by atoms with van der Waals surface area (Å²) in [6.45, 7) is 3.26. The van der Waals surface area contributed by atoms with Crippen molar-refractivity contribution in [3.8, 4) is 0 Å². The highest BCUT2D eigenvalue weighted by Gasteiger charge is 2.36. The van der Waals surface area contributed by atoms with Gasteiger partial charge in [-0.1, -0.05) is 0 Å². The number of hydrogen-bond acceptors (Lipinski definition) is 5. The van der Waals surface area contributed by atoms with Gasteiger partial charge in [-0.05, 0) is 31.9 Å². The van der Waals surface area contributed by atoms with E-state index < -0.39 is 10.2 Å². The minimum Gasteiger partial charge on any atom is -0.468 e. The van der Waals surface area contributed by atoms with E-state index in [2.05, 4.69) is 14.9 Å². The second-order valence-electron chi connectivity index (χ2n) is 5.14. The Morgan fingerprint density at radius 1 is 1.50 bits per heavy atom.